The van der Waals surface area contributed by atoms with Crippen molar-refractivity contribution in [2.75, 3.05) is 0 Å². The highest BCUT2D eigenvalue weighted by Gasteiger charge is 2.67. The molecular weight excluding hydrogens is 405 g/mol. The Labute approximate surface area is 199 Å². The van der Waals surface area contributed by atoms with Crippen molar-refractivity contribution < 1.29 is 0 Å². The molecule has 1 nitrogen and oxygen atoms in total. The van der Waals surface area contributed by atoms with Gasteiger partial charge in [-0.25, -0.2) is 0 Å². The third kappa shape index (κ3) is 3.24. The smallest absolute Gasteiger partial charge is 0.00665 e. The minimum atomic E-state index is -1.92. The summed E-state index contributed by atoms with van der Waals surface area (Å²) in [5.41, 5.74) is 0. The summed E-state index contributed by atoms with van der Waals surface area (Å²) in [4.78, 5) is 0. The van der Waals surface area contributed by atoms with Crippen LogP contribution < -0.4 is 0 Å². The van der Waals surface area contributed by atoms with Gasteiger partial charge in [-0.1, -0.05) is 65.7 Å². The molecule has 32 heavy (non-hydrogen) atoms. The predicted molar refractivity (Wildman–Crippen MR) is 139 cm³/mol. The monoisotopic (exact) mass is 457 g/mol. The summed E-state index contributed by atoms with van der Waals surface area (Å²) in [6.07, 6.45) is 26.4. The summed E-state index contributed by atoms with van der Waals surface area (Å²) < 4.78 is 0. The van der Waals surface area contributed by atoms with Gasteiger partial charge in [0.15, 0.2) is 0 Å². The normalized spacial score (nSPS) is 55.1. The van der Waals surface area contributed by atoms with Crippen LogP contribution in [0.1, 0.15) is 136 Å². The first-order valence-electron chi connectivity index (χ1n) is 14.9. The Morgan fingerprint density at radius 2 is 1.03 bits per heavy atom. The number of fused-ring (bicyclic) bond motifs is 6. The lowest BCUT2D eigenvalue weighted by atomic mass is 9.66. The first kappa shape index (κ1) is 22.7. The molecule has 0 heterocycles. The molecule has 6 bridgehead atoms. The third-order valence-corrected chi connectivity index (χ3v) is 18.4. The summed E-state index contributed by atoms with van der Waals surface area (Å²) in [6, 6.07) is 0. The largest absolute Gasteiger partial charge is 0.317 e. The fourth-order valence-corrected chi connectivity index (χ4v) is 19.8. The Kier molecular flexibility index (Phi) is 5.58. The molecule has 8 unspecified atom stereocenters. The number of nitrogens with one attached hydrogen (secondary N) is 1. The lowest BCUT2D eigenvalue weighted by Crippen LogP contribution is -2.57. The average molecular weight is 458 g/mol. The number of rotatable bonds is 3. The van der Waals surface area contributed by atoms with Crippen LogP contribution in [-0.4, -0.2) is 15.5 Å². The van der Waals surface area contributed by atoms with Crippen LogP contribution >= 0.6 is 7.05 Å². The van der Waals surface area contributed by atoms with Gasteiger partial charge in [0.2, 0.25) is 0 Å². The molecule has 0 radical (unpaired) electrons. The molecule has 6 aliphatic rings. The van der Waals surface area contributed by atoms with E-state index in [2.05, 4.69) is 20.8 Å². The highest BCUT2D eigenvalue weighted by molar-refractivity contribution is 7.69. The van der Waals surface area contributed by atoms with Gasteiger partial charge in [-0.05, 0) is 113 Å². The highest BCUT2D eigenvalue weighted by Crippen LogP contribution is 2.87. The van der Waals surface area contributed by atoms with Crippen LogP contribution in [0.2, 0.25) is 0 Å². The van der Waals surface area contributed by atoms with Crippen molar-refractivity contribution >= 4 is 7.05 Å². The van der Waals surface area contributed by atoms with Gasteiger partial charge >= 0.3 is 0 Å². The second-order valence-electron chi connectivity index (χ2n) is 14.9. The van der Waals surface area contributed by atoms with Crippen molar-refractivity contribution in [3.63, 3.8) is 0 Å². The zero-order chi connectivity index (χ0) is 22.2. The standard InChI is InChI=1S/C30H52NP/c1-22-13-24-9-5-11-29(16-22,20-24)32(31,28(3)18-26-7-4-8-27(15-26)19-28)30-12-6-10-25(21-30)14-23(2)17-30/h22-27,31H,4-21H2,1-3H3. The van der Waals surface area contributed by atoms with E-state index in [0.717, 1.165) is 35.5 Å². The summed E-state index contributed by atoms with van der Waals surface area (Å²) in [5, 5.41) is 12.5. The van der Waals surface area contributed by atoms with E-state index in [1.54, 1.807) is 0 Å². The molecule has 0 aliphatic heterocycles. The van der Waals surface area contributed by atoms with Crippen molar-refractivity contribution in [1.82, 2.24) is 0 Å². The van der Waals surface area contributed by atoms with Crippen molar-refractivity contribution in [3.8, 4) is 0 Å². The number of hydrogen-bond donors (Lipinski definition) is 1. The zero-order valence-corrected chi connectivity index (χ0v) is 22.5. The van der Waals surface area contributed by atoms with Crippen LogP contribution in [0.5, 0.6) is 0 Å². The minimum absolute atomic E-state index is 0.360. The Hall–Kier alpha value is 0.230. The average Bonchev–Trinajstić information content (AvgIpc) is 2.71. The van der Waals surface area contributed by atoms with Crippen LogP contribution in [0.15, 0.2) is 0 Å². The Bertz CT molecular complexity index is 711. The predicted octanol–water partition coefficient (Wildman–Crippen LogP) is 9.84. The molecule has 6 aliphatic carbocycles. The molecule has 0 aromatic carbocycles. The first-order chi connectivity index (χ1) is 15.3. The Morgan fingerprint density at radius 1 is 0.594 bits per heavy atom. The molecule has 6 saturated carbocycles. The van der Waals surface area contributed by atoms with Gasteiger partial charge in [-0.15, -0.1) is 0 Å². The van der Waals surface area contributed by atoms with Gasteiger partial charge in [0.25, 0.3) is 0 Å². The fourth-order valence-electron chi connectivity index (χ4n) is 12.2. The molecule has 6 rings (SSSR count). The maximum Gasteiger partial charge on any atom is 0.00665 e. The zero-order valence-electron chi connectivity index (χ0n) is 21.6. The minimum Gasteiger partial charge on any atom is -0.317 e. The van der Waals surface area contributed by atoms with E-state index >= 15 is 0 Å². The quantitative estimate of drug-likeness (QED) is 0.408. The Balaban J connectivity index is 1.52. The van der Waals surface area contributed by atoms with E-state index in [9.17, 15) is 5.16 Å². The molecule has 182 valence electrons. The van der Waals surface area contributed by atoms with Gasteiger partial charge in [-0.2, -0.15) is 0 Å². The summed E-state index contributed by atoms with van der Waals surface area (Å²) in [6.45, 7) is 7.92. The van der Waals surface area contributed by atoms with Gasteiger partial charge in [-0.3, -0.25) is 0 Å². The second kappa shape index (κ2) is 7.87. The van der Waals surface area contributed by atoms with E-state index in [4.69, 9.17) is 0 Å². The summed E-state index contributed by atoms with van der Waals surface area (Å²) in [5.74, 6) is 5.60. The van der Waals surface area contributed by atoms with Crippen molar-refractivity contribution in [1.29, 1.82) is 5.16 Å². The van der Waals surface area contributed by atoms with Crippen LogP contribution in [0.25, 0.3) is 0 Å². The first-order valence-corrected chi connectivity index (χ1v) is 16.7. The molecule has 0 aromatic heterocycles. The van der Waals surface area contributed by atoms with Crippen molar-refractivity contribution in [3.05, 3.63) is 0 Å². The van der Waals surface area contributed by atoms with Crippen molar-refractivity contribution in [2.45, 2.75) is 152 Å². The number of hydrogen-bond acceptors (Lipinski definition) is 1. The van der Waals surface area contributed by atoms with Gasteiger partial charge < -0.3 is 5.16 Å². The van der Waals surface area contributed by atoms with E-state index in [0.29, 0.717) is 15.5 Å². The molecule has 1 N–H and O–H groups in total. The van der Waals surface area contributed by atoms with Gasteiger partial charge in [0.1, 0.15) is 0 Å². The van der Waals surface area contributed by atoms with Gasteiger partial charge in [0, 0.05) is 15.5 Å². The molecule has 0 amide bonds. The topological polar surface area (TPSA) is 23.9 Å². The van der Waals surface area contributed by atoms with Crippen LogP contribution in [0.4, 0.5) is 0 Å². The fraction of sp³-hybridized carbons (Fsp3) is 1.00. The Morgan fingerprint density at radius 3 is 1.53 bits per heavy atom. The lowest BCUT2D eigenvalue weighted by molar-refractivity contribution is 0.120. The molecule has 0 aromatic rings. The van der Waals surface area contributed by atoms with E-state index in [1.807, 2.05) is 0 Å². The SMILES string of the molecule is CC1CC2CCCC(P(=N)(C3(C)CC4CCCC(C4)C3)C34CCCC(CC(C)C3)C4)(C1)C2. The molecule has 0 spiro atoms. The maximum atomic E-state index is 11.3. The molecule has 6 fully saturated rings. The van der Waals surface area contributed by atoms with Crippen LogP contribution in [0, 0.1) is 40.7 Å². The summed E-state index contributed by atoms with van der Waals surface area (Å²) in [7, 11) is -1.92. The summed E-state index contributed by atoms with van der Waals surface area (Å²) >= 11 is 0. The van der Waals surface area contributed by atoms with E-state index < -0.39 is 7.05 Å². The van der Waals surface area contributed by atoms with E-state index in [1.165, 1.54) is 116 Å². The maximum absolute atomic E-state index is 11.3. The third-order valence-electron chi connectivity index (χ3n) is 12.4. The second-order valence-corrected chi connectivity index (χ2v) is 19.3. The van der Waals surface area contributed by atoms with Gasteiger partial charge in [0.05, 0.1) is 0 Å². The van der Waals surface area contributed by atoms with Crippen molar-refractivity contribution in [2.24, 2.45) is 35.5 Å². The van der Waals surface area contributed by atoms with Crippen LogP contribution in [0.3, 0.4) is 0 Å². The molecule has 0 saturated heterocycles. The molecule has 2 heteroatoms. The highest BCUT2D eigenvalue weighted by atomic mass is 31.2. The lowest BCUT2D eigenvalue weighted by Gasteiger charge is -2.69. The molecular formula is C30H52NP. The van der Waals surface area contributed by atoms with E-state index in [-0.39, 0.29) is 0 Å². The van der Waals surface area contributed by atoms with Crippen LogP contribution in [-0.2, 0) is 0 Å². The molecule has 8 atom stereocenters.